The average molecular weight is 391 g/mol. The quantitative estimate of drug-likeness (QED) is 0.657. The van der Waals surface area contributed by atoms with Gasteiger partial charge in [-0.3, -0.25) is 4.79 Å². The Balaban J connectivity index is 1.54. The Morgan fingerprint density at radius 2 is 2.00 bits per heavy atom. The maximum Gasteiger partial charge on any atom is 0.307 e. The molecule has 0 bridgehead atoms. The maximum absolute atomic E-state index is 11.2. The molecule has 1 saturated carbocycles. The highest BCUT2D eigenvalue weighted by Gasteiger charge is 2.46. The number of rotatable bonds is 7. The number of hydrogen-bond donors (Lipinski definition) is 1. The molecule has 3 aromatic rings. The first-order valence-corrected chi connectivity index (χ1v) is 9.34. The number of carboxylic acid groups (broad SMARTS) is 1. The fraction of sp³-hybridized carbons (Fsp3) is 0.273. The van der Waals surface area contributed by atoms with Crippen LogP contribution in [0.1, 0.15) is 29.2 Å². The van der Waals surface area contributed by atoms with E-state index in [1.54, 1.807) is 19.4 Å². The van der Waals surface area contributed by atoms with Gasteiger partial charge < -0.3 is 14.6 Å². The monoisotopic (exact) mass is 391 g/mol. The van der Waals surface area contributed by atoms with E-state index in [2.05, 4.69) is 15.2 Å². The predicted octanol–water partition coefficient (Wildman–Crippen LogP) is 3.62. The van der Waals surface area contributed by atoms with Crippen LogP contribution in [-0.2, 0) is 11.4 Å². The van der Waals surface area contributed by atoms with Gasteiger partial charge in [0.05, 0.1) is 30.6 Å². The lowest BCUT2D eigenvalue weighted by Crippen LogP contribution is -2.03. The van der Waals surface area contributed by atoms with Gasteiger partial charge in [-0.2, -0.15) is 5.10 Å². The molecule has 2 aromatic heterocycles. The molecule has 0 aliphatic heterocycles. The fourth-order valence-electron chi connectivity index (χ4n) is 3.23. The summed E-state index contributed by atoms with van der Waals surface area (Å²) in [5.74, 6) is -0.343. The van der Waals surface area contributed by atoms with Crippen molar-refractivity contribution in [1.29, 1.82) is 0 Å². The zero-order chi connectivity index (χ0) is 20.4. The molecule has 0 unspecified atom stereocenters. The standard InChI is InChI=1S/C22H21N3O4/c1-13-3-5-14(6-4-13)12-29-20-9-15(11-23-25-20)18-7-8-19(28-2)21(24-18)16-10-17(16)22(26)27/h3-9,11,16-17H,10,12H2,1-2H3,(H,26,27)/t16-,17-/m0/s1. The summed E-state index contributed by atoms with van der Waals surface area (Å²) in [6, 6.07) is 13.5. The summed E-state index contributed by atoms with van der Waals surface area (Å²) in [5, 5.41) is 17.3. The second kappa shape index (κ2) is 7.87. The topological polar surface area (TPSA) is 94.4 Å². The highest BCUT2D eigenvalue weighted by Crippen LogP contribution is 2.50. The summed E-state index contributed by atoms with van der Waals surface area (Å²) in [6.07, 6.45) is 2.18. The molecular weight excluding hydrogens is 370 g/mol. The third kappa shape index (κ3) is 4.18. The number of carboxylic acids is 1. The third-order valence-corrected chi connectivity index (χ3v) is 5.00. The van der Waals surface area contributed by atoms with Crippen molar-refractivity contribution in [2.75, 3.05) is 7.11 Å². The molecule has 0 saturated heterocycles. The number of aryl methyl sites for hydroxylation is 1. The van der Waals surface area contributed by atoms with Crippen molar-refractivity contribution in [1.82, 2.24) is 15.2 Å². The Morgan fingerprint density at radius 3 is 2.69 bits per heavy atom. The molecular formula is C22H21N3O4. The van der Waals surface area contributed by atoms with Crippen LogP contribution in [0.2, 0.25) is 0 Å². The van der Waals surface area contributed by atoms with Crippen LogP contribution in [0.5, 0.6) is 11.6 Å². The third-order valence-electron chi connectivity index (χ3n) is 5.00. The zero-order valence-corrected chi connectivity index (χ0v) is 16.2. The van der Waals surface area contributed by atoms with Crippen LogP contribution >= 0.6 is 0 Å². The van der Waals surface area contributed by atoms with Crippen LogP contribution in [-0.4, -0.2) is 33.4 Å². The van der Waals surface area contributed by atoms with E-state index in [9.17, 15) is 9.90 Å². The summed E-state index contributed by atoms with van der Waals surface area (Å²) >= 11 is 0. The number of methoxy groups -OCH3 is 1. The van der Waals surface area contributed by atoms with E-state index in [4.69, 9.17) is 9.47 Å². The van der Waals surface area contributed by atoms with Crippen LogP contribution in [0, 0.1) is 12.8 Å². The molecule has 0 spiro atoms. The molecule has 1 aliphatic carbocycles. The summed E-state index contributed by atoms with van der Waals surface area (Å²) in [4.78, 5) is 15.9. The SMILES string of the molecule is COc1ccc(-c2cnnc(OCc3ccc(C)cc3)c2)nc1[C@H]1C[C@@H]1C(=O)O. The number of aromatic nitrogens is 3. The van der Waals surface area contributed by atoms with Crippen molar-refractivity contribution in [3.63, 3.8) is 0 Å². The van der Waals surface area contributed by atoms with Crippen LogP contribution in [0.15, 0.2) is 48.7 Å². The van der Waals surface area contributed by atoms with Gasteiger partial charge in [0.1, 0.15) is 12.4 Å². The van der Waals surface area contributed by atoms with Crippen LogP contribution in [0.25, 0.3) is 11.3 Å². The normalized spacial score (nSPS) is 17.6. The lowest BCUT2D eigenvalue weighted by molar-refractivity contribution is -0.138. The Kier molecular flexibility index (Phi) is 5.12. The predicted molar refractivity (Wildman–Crippen MR) is 106 cm³/mol. The second-order valence-electron chi connectivity index (χ2n) is 7.13. The molecule has 7 nitrogen and oxygen atoms in total. The van der Waals surface area contributed by atoms with E-state index in [0.29, 0.717) is 36.0 Å². The van der Waals surface area contributed by atoms with Crippen molar-refractivity contribution in [2.24, 2.45) is 5.92 Å². The Bertz CT molecular complexity index is 1040. The minimum Gasteiger partial charge on any atom is -0.495 e. The van der Waals surface area contributed by atoms with Crippen molar-refractivity contribution in [3.8, 4) is 22.9 Å². The first-order valence-electron chi connectivity index (χ1n) is 9.34. The maximum atomic E-state index is 11.2. The van der Waals surface area contributed by atoms with Gasteiger partial charge in [0, 0.05) is 17.5 Å². The van der Waals surface area contributed by atoms with Crippen LogP contribution in [0.4, 0.5) is 0 Å². The molecule has 7 heteroatoms. The van der Waals surface area contributed by atoms with Gasteiger partial charge >= 0.3 is 5.97 Å². The Morgan fingerprint density at radius 1 is 1.21 bits per heavy atom. The van der Waals surface area contributed by atoms with Gasteiger partial charge in [0.15, 0.2) is 0 Å². The lowest BCUT2D eigenvalue weighted by Gasteiger charge is -2.10. The van der Waals surface area contributed by atoms with E-state index in [0.717, 1.165) is 11.1 Å². The number of aliphatic carboxylic acids is 1. The number of pyridine rings is 1. The van der Waals surface area contributed by atoms with E-state index in [1.807, 2.05) is 43.3 Å². The first-order chi connectivity index (χ1) is 14.0. The van der Waals surface area contributed by atoms with Gasteiger partial charge in [-0.25, -0.2) is 4.98 Å². The number of carbonyl (C=O) groups is 1. The molecule has 1 N–H and O–H groups in total. The van der Waals surface area contributed by atoms with E-state index < -0.39 is 11.9 Å². The molecule has 4 rings (SSSR count). The molecule has 0 amide bonds. The minimum atomic E-state index is -0.804. The van der Waals surface area contributed by atoms with Gasteiger partial charge in [0.25, 0.3) is 0 Å². The van der Waals surface area contributed by atoms with Gasteiger partial charge in [0.2, 0.25) is 5.88 Å². The van der Waals surface area contributed by atoms with Crippen molar-refractivity contribution >= 4 is 5.97 Å². The molecule has 1 aliphatic rings. The first kappa shape index (κ1) is 18.9. The zero-order valence-electron chi connectivity index (χ0n) is 16.2. The van der Waals surface area contributed by atoms with Gasteiger partial charge in [-0.05, 0) is 31.0 Å². The molecule has 1 fully saturated rings. The molecule has 0 radical (unpaired) electrons. The molecule has 2 atom stereocenters. The fourth-order valence-corrected chi connectivity index (χ4v) is 3.23. The largest absolute Gasteiger partial charge is 0.495 e. The van der Waals surface area contributed by atoms with Crippen molar-refractivity contribution in [2.45, 2.75) is 25.9 Å². The lowest BCUT2D eigenvalue weighted by atomic mass is 10.1. The van der Waals surface area contributed by atoms with E-state index >= 15 is 0 Å². The highest BCUT2D eigenvalue weighted by molar-refractivity contribution is 5.75. The average Bonchev–Trinajstić information content (AvgIpc) is 3.54. The van der Waals surface area contributed by atoms with E-state index in [1.165, 1.54) is 5.56 Å². The Hall–Kier alpha value is -3.48. The van der Waals surface area contributed by atoms with Gasteiger partial charge in [-0.15, -0.1) is 5.10 Å². The number of ether oxygens (including phenoxy) is 2. The molecule has 148 valence electrons. The molecule has 2 heterocycles. The summed E-state index contributed by atoms with van der Waals surface area (Å²) in [7, 11) is 1.56. The molecule has 29 heavy (non-hydrogen) atoms. The molecule has 1 aromatic carbocycles. The Labute approximate surface area is 168 Å². The summed E-state index contributed by atoms with van der Waals surface area (Å²) in [5.41, 5.74) is 4.32. The summed E-state index contributed by atoms with van der Waals surface area (Å²) < 4.78 is 11.2. The number of hydrogen-bond acceptors (Lipinski definition) is 6. The summed E-state index contributed by atoms with van der Waals surface area (Å²) in [6.45, 7) is 2.43. The van der Waals surface area contributed by atoms with Crippen LogP contribution < -0.4 is 9.47 Å². The smallest absolute Gasteiger partial charge is 0.307 e. The number of benzene rings is 1. The minimum absolute atomic E-state index is 0.130. The van der Waals surface area contributed by atoms with Gasteiger partial charge in [-0.1, -0.05) is 29.8 Å². The van der Waals surface area contributed by atoms with Crippen molar-refractivity contribution in [3.05, 3.63) is 65.5 Å². The van der Waals surface area contributed by atoms with Crippen molar-refractivity contribution < 1.29 is 19.4 Å². The van der Waals surface area contributed by atoms with E-state index in [-0.39, 0.29) is 5.92 Å². The number of nitrogens with zero attached hydrogens (tertiary/aromatic N) is 3. The second-order valence-corrected chi connectivity index (χ2v) is 7.13. The highest BCUT2D eigenvalue weighted by atomic mass is 16.5. The van der Waals surface area contributed by atoms with Crippen LogP contribution in [0.3, 0.4) is 0 Å².